The lowest BCUT2D eigenvalue weighted by molar-refractivity contribution is -0.141. The van der Waals surface area contributed by atoms with Crippen LogP contribution in [-0.4, -0.2) is 30.6 Å². The van der Waals surface area contributed by atoms with Gasteiger partial charge in [0.1, 0.15) is 23.6 Å². The number of aromatic nitrogens is 5. The zero-order valence-electron chi connectivity index (χ0n) is 17.9. The van der Waals surface area contributed by atoms with E-state index in [0.717, 1.165) is 17.4 Å². The third-order valence-electron chi connectivity index (χ3n) is 4.56. The van der Waals surface area contributed by atoms with Crippen molar-refractivity contribution in [2.45, 2.75) is 32.7 Å². The molecule has 0 saturated heterocycles. The minimum atomic E-state index is -4.58. The highest BCUT2D eigenvalue weighted by Crippen LogP contribution is 2.30. The average molecular weight is 454 g/mol. The second-order valence-electron chi connectivity index (χ2n) is 7.53. The molecule has 0 fully saturated rings. The van der Waals surface area contributed by atoms with Crippen molar-refractivity contribution in [3.8, 4) is 23.0 Å². The van der Waals surface area contributed by atoms with Gasteiger partial charge in [-0.25, -0.2) is 19.9 Å². The van der Waals surface area contributed by atoms with Gasteiger partial charge in [-0.2, -0.15) is 13.2 Å². The van der Waals surface area contributed by atoms with Crippen molar-refractivity contribution in [2.24, 2.45) is 0 Å². The molecular weight excluding hydrogens is 433 g/mol. The molecule has 0 spiro atoms. The topological polar surface area (TPSA) is 77.8 Å². The standard InChI is InChI=1S/C23H21F3N6O/c1-15(2)33-19-5-3-17(4-6-19)22-29-12-16(13-30-22)11-28-18-9-20(23(24,25)26)31-21(10-18)32-8-7-27-14-32/h3-10,12-15H,11H2,1-2H3,(H,28,31). The first-order valence-corrected chi connectivity index (χ1v) is 10.2. The number of anilines is 1. The van der Waals surface area contributed by atoms with Gasteiger partial charge in [0.05, 0.1) is 6.10 Å². The highest BCUT2D eigenvalue weighted by Gasteiger charge is 2.33. The van der Waals surface area contributed by atoms with Gasteiger partial charge in [-0.1, -0.05) is 0 Å². The third kappa shape index (κ3) is 5.65. The predicted molar refractivity (Wildman–Crippen MR) is 117 cm³/mol. The number of nitrogens with zero attached hydrogens (tertiary/aromatic N) is 5. The van der Waals surface area contributed by atoms with Gasteiger partial charge in [0.25, 0.3) is 0 Å². The Labute approximate surface area is 188 Å². The SMILES string of the molecule is CC(C)Oc1ccc(-c2ncc(CNc3cc(-n4ccnc4)nc(C(F)(F)F)c3)cn2)cc1. The number of hydrogen-bond acceptors (Lipinski definition) is 6. The fourth-order valence-electron chi connectivity index (χ4n) is 3.04. The summed E-state index contributed by atoms with van der Waals surface area (Å²) < 4.78 is 47.0. The van der Waals surface area contributed by atoms with Crippen LogP contribution in [0, 0.1) is 0 Å². The van der Waals surface area contributed by atoms with Crippen molar-refractivity contribution in [2.75, 3.05) is 5.32 Å². The van der Waals surface area contributed by atoms with Crippen LogP contribution in [0.1, 0.15) is 25.1 Å². The molecule has 0 aliphatic heterocycles. The fraction of sp³-hybridized carbons (Fsp3) is 0.217. The van der Waals surface area contributed by atoms with Gasteiger partial charge in [0.2, 0.25) is 0 Å². The van der Waals surface area contributed by atoms with Gasteiger partial charge < -0.3 is 10.1 Å². The van der Waals surface area contributed by atoms with E-state index in [4.69, 9.17) is 4.74 Å². The molecule has 0 atom stereocenters. The molecule has 0 amide bonds. The Bertz CT molecular complexity index is 1190. The molecule has 1 N–H and O–H groups in total. The number of pyridine rings is 1. The summed E-state index contributed by atoms with van der Waals surface area (Å²) in [4.78, 5) is 16.3. The number of nitrogens with one attached hydrogen (secondary N) is 1. The second kappa shape index (κ2) is 9.27. The molecule has 33 heavy (non-hydrogen) atoms. The van der Waals surface area contributed by atoms with E-state index in [1.54, 1.807) is 12.4 Å². The highest BCUT2D eigenvalue weighted by atomic mass is 19.4. The monoisotopic (exact) mass is 454 g/mol. The molecule has 0 bridgehead atoms. The largest absolute Gasteiger partial charge is 0.491 e. The minimum absolute atomic E-state index is 0.0857. The van der Waals surface area contributed by atoms with E-state index in [1.807, 2.05) is 38.1 Å². The van der Waals surface area contributed by atoms with Crippen molar-refractivity contribution in [3.05, 3.63) is 78.8 Å². The molecule has 0 unspecified atom stereocenters. The summed E-state index contributed by atoms with van der Waals surface area (Å²) in [6, 6.07) is 9.95. The smallest absolute Gasteiger partial charge is 0.433 e. The Kier molecular flexibility index (Phi) is 6.25. The van der Waals surface area contributed by atoms with E-state index in [2.05, 4.69) is 25.3 Å². The predicted octanol–water partition coefficient (Wildman–Crippen LogP) is 5.14. The lowest BCUT2D eigenvalue weighted by Gasteiger charge is -2.13. The van der Waals surface area contributed by atoms with Crippen LogP contribution in [0.3, 0.4) is 0 Å². The Hall–Kier alpha value is -3.95. The van der Waals surface area contributed by atoms with Crippen LogP contribution in [-0.2, 0) is 12.7 Å². The molecule has 0 aliphatic carbocycles. The fourth-order valence-corrected chi connectivity index (χ4v) is 3.04. The van der Waals surface area contributed by atoms with Crippen LogP contribution in [0.5, 0.6) is 5.75 Å². The van der Waals surface area contributed by atoms with E-state index in [0.29, 0.717) is 11.4 Å². The van der Waals surface area contributed by atoms with Crippen LogP contribution in [0.25, 0.3) is 17.2 Å². The Morgan fingerprint density at radius 3 is 2.39 bits per heavy atom. The number of benzene rings is 1. The molecule has 0 saturated carbocycles. The number of hydrogen-bond donors (Lipinski definition) is 1. The lowest BCUT2D eigenvalue weighted by Crippen LogP contribution is -2.12. The Morgan fingerprint density at radius 2 is 1.79 bits per heavy atom. The van der Waals surface area contributed by atoms with E-state index in [1.165, 1.54) is 29.4 Å². The van der Waals surface area contributed by atoms with Crippen LogP contribution >= 0.6 is 0 Å². The second-order valence-corrected chi connectivity index (χ2v) is 7.53. The van der Waals surface area contributed by atoms with Gasteiger partial charge in [-0.15, -0.1) is 0 Å². The van der Waals surface area contributed by atoms with Crippen molar-refractivity contribution in [1.82, 2.24) is 24.5 Å². The maximum absolute atomic E-state index is 13.3. The van der Waals surface area contributed by atoms with Crippen molar-refractivity contribution in [3.63, 3.8) is 0 Å². The molecular formula is C23H21F3N6O. The quantitative estimate of drug-likeness (QED) is 0.417. The zero-order valence-corrected chi connectivity index (χ0v) is 17.9. The average Bonchev–Trinajstić information content (AvgIpc) is 3.33. The normalized spacial score (nSPS) is 11.6. The van der Waals surface area contributed by atoms with E-state index >= 15 is 0 Å². The van der Waals surface area contributed by atoms with Crippen LogP contribution in [0.2, 0.25) is 0 Å². The maximum atomic E-state index is 13.3. The molecule has 0 aliphatic rings. The van der Waals surface area contributed by atoms with Crippen LogP contribution in [0.15, 0.2) is 67.5 Å². The number of imidazole rings is 1. The number of alkyl halides is 3. The third-order valence-corrected chi connectivity index (χ3v) is 4.56. The maximum Gasteiger partial charge on any atom is 0.433 e. The lowest BCUT2D eigenvalue weighted by atomic mass is 10.2. The van der Waals surface area contributed by atoms with Gasteiger partial charge >= 0.3 is 6.18 Å². The van der Waals surface area contributed by atoms with E-state index in [9.17, 15) is 13.2 Å². The van der Waals surface area contributed by atoms with Crippen molar-refractivity contribution in [1.29, 1.82) is 0 Å². The summed E-state index contributed by atoms with van der Waals surface area (Å²) in [6.07, 6.45) is 3.17. The summed E-state index contributed by atoms with van der Waals surface area (Å²) >= 11 is 0. The molecule has 1 aromatic carbocycles. The van der Waals surface area contributed by atoms with Gasteiger partial charge in [0, 0.05) is 54.2 Å². The Morgan fingerprint density at radius 1 is 1.06 bits per heavy atom. The Balaban J connectivity index is 1.47. The molecule has 3 heterocycles. The first kappa shape index (κ1) is 22.3. The summed E-state index contributed by atoms with van der Waals surface area (Å²) in [5.74, 6) is 1.42. The van der Waals surface area contributed by atoms with E-state index in [-0.39, 0.29) is 24.2 Å². The molecule has 7 nitrogen and oxygen atoms in total. The molecule has 170 valence electrons. The van der Waals surface area contributed by atoms with Crippen LogP contribution in [0.4, 0.5) is 18.9 Å². The van der Waals surface area contributed by atoms with Gasteiger partial charge in [-0.05, 0) is 44.2 Å². The summed E-state index contributed by atoms with van der Waals surface area (Å²) in [7, 11) is 0. The van der Waals surface area contributed by atoms with Crippen LogP contribution < -0.4 is 10.1 Å². The molecule has 4 aromatic rings. The summed E-state index contributed by atoms with van der Waals surface area (Å²) in [6.45, 7) is 4.16. The minimum Gasteiger partial charge on any atom is -0.491 e. The molecule has 3 aromatic heterocycles. The summed E-state index contributed by atoms with van der Waals surface area (Å²) in [5.41, 5.74) is 0.825. The van der Waals surface area contributed by atoms with Gasteiger partial charge in [-0.3, -0.25) is 4.57 Å². The molecule has 0 radical (unpaired) electrons. The first-order valence-electron chi connectivity index (χ1n) is 10.2. The first-order chi connectivity index (χ1) is 15.8. The number of halogens is 3. The highest BCUT2D eigenvalue weighted by molar-refractivity contribution is 5.56. The number of ether oxygens (including phenoxy) is 1. The summed E-state index contributed by atoms with van der Waals surface area (Å²) in [5, 5.41) is 2.99. The van der Waals surface area contributed by atoms with Crippen molar-refractivity contribution >= 4 is 5.69 Å². The zero-order chi connectivity index (χ0) is 23.4. The van der Waals surface area contributed by atoms with Gasteiger partial charge in [0.15, 0.2) is 5.82 Å². The molecule has 4 rings (SSSR count). The number of rotatable bonds is 7. The molecule has 10 heteroatoms. The van der Waals surface area contributed by atoms with E-state index < -0.39 is 11.9 Å². The van der Waals surface area contributed by atoms with Crippen molar-refractivity contribution < 1.29 is 17.9 Å².